The summed E-state index contributed by atoms with van der Waals surface area (Å²) in [6, 6.07) is 0. The fraction of sp³-hybridized carbons (Fsp3) is 0.846. The van der Waals surface area contributed by atoms with Crippen molar-refractivity contribution < 1.29 is 9.15 Å². The van der Waals surface area contributed by atoms with Crippen LogP contribution in [0.25, 0.3) is 0 Å². The maximum absolute atomic E-state index is 5.70. The van der Waals surface area contributed by atoms with E-state index in [4.69, 9.17) is 9.15 Å². The van der Waals surface area contributed by atoms with E-state index in [0.717, 1.165) is 63.8 Å². The van der Waals surface area contributed by atoms with Crippen LogP contribution in [-0.2, 0) is 11.2 Å². The van der Waals surface area contributed by atoms with E-state index in [1.807, 2.05) is 0 Å². The van der Waals surface area contributed by atoms with Crippen LogP contribution in [0.5, 0.6) is 0 Å². The zero-order chi connectivity index (χ0) is 12.6. The van der Waals surface area contributed by atoms with Gasteiger partial charge in [-0.1, -0.05) is 6.92 Å². The predicted octanol–water partition coefficient (Wildman–Crippen LogP) is 1.90. The summed E-state index contributed by atoms with van der Waals surface area (Å²) in [6.45, 7) is 5.84. The Labute approximate surface area is 108 Å². The van der Waals surface area contributed by atoms with Gasteiger partial charge in [0, 0.05) is 13.0 Å². The van der Waals surface area contributed by atoms with E-state index in [9.17, 15) is 0 Å². The van der Waals surface area contributed by atoms with Gasteiger partial charge in [0.05, 0.1) is 12.5 Å². The van der Waals surface area contributed by atoms with E-state index in [1.165, 1.54) is 6.42 Å². The summed E-state index contributed by atoms with van der Waals surface area (Å²) in [7, 11) is 0. The Kier molecular flexibility index (Phi) is 5.61. The number of ether oxygens (including phenoxy) is 1. The molecule has 1 aliphatic heterocycles. The van der Waals surface area contributed by atoms with Crippen molar-refractivity contribution >= 4 is 0 Å². The highest BCUT2D eigenvalue weighted by atomic mass is 16.5. The van der Waals surface area contributed by atoms with Gasteiger partial charge in [-0.2, -0.15) is 0 Å². The molecule has 5 heteroatoms. The zero-order valence-electron chi connectivity index (χ0n) is 11.2. The molecule has 0 aliphatic carbocycles. The normalized spacial score (nSPS) is 20.2. The van der Waals surface area contributed by atoms with Gasteiger partial charge in [0.15, 0.2) is 0 Å². The number of aromatic nitrogens is 2. The van der Waals surface area contributed by atoms with Crippen molar-refractivity contribution in [1.82, 2.24) is 15.5 Å². The third kappa shape index (κ3) is 4.07. The second kappa shape index (κ2) is 7.48. The van der Waals surface area contributed by atoms with Gasteiger partial charge in [-0.25, -0.2) is 0 Å². The molecule has 0 bridgehead atoms. The summed E-state index contributed by atoms with van der Waals surface area (Å²) in [6.07, 6.45) is 5.26. The highest BCUT2D eigenvalue weighted by Crippen LogP contribution is 2.24. The smallest absolute Gasteiger partial charge is 0.221 e. The predicted molar refractivity (Wildman–Crippen MR) is 68.6 cm³/mol. The largest absolute Gasteiger partial charge is 0.425 e. The average Bonchev–Trinajstić information content (AvgIpc) is 2.88. The second-order valence-corrected chi connectivity index (χ2v) is 4.80. The molecular weight excluding hydrogens is 230 g/mol. The minimum absolute atomic E-state index is 0.304. The number of hydrogen-bond donors (Lipinski definition) is 1. The molecule has 1 aliphatic rings. The first-order chi connectivity index (χ1) is 8.90. The summed E-state index contributed by atoms with van der Waals surface area (Å²) in [4.78, 5) is 0. The summed E-state index contributed by atoms with van der Waals surface area (Å²) in [5.41, 5.74) is 0. The highest BCUT2D eigenvalue weighted by Gasteiger charge is 2.21. The van der Waals surface area contributed by atoms with Gasteiger partial charge < -0.3 is 14.5 Å². The Hall–Kier alpha value is -0.940. The van der Waals surface area contributed by atoms with Crippen LogP contribution in [-0.4, -0.2) is 36.5 Å². The van der Waals surface area contributed by atoms with Crippen LogP contribution in [0.4, 0.5) is 0 Å². The average molecular weight is 253 g/mol. The van der Waals surface area contributed by atoms with E-state index in [1.54, 1.807) is 0 Å². The fourth-order valence-electron chi connectivity index (χ4n) is 2.13. The number of nitrogens with zero attached hydrogens (tertiary/aromatic N) is 2. The fourth-order valence-corrected chi connectivity index (χ4v) is 2.13. The molecule has 1 atom stereocenters. The molecule has 1 aromatic heterocycles. The molecule has 0 saturated carbocycles. The standard InChI is InChI=1S/C13H23N3O2/c1-2-7-14-8-3-6-12-15-16-13(18-12)11-5-4-9-17-10-11/h11,14H,2-10H2,1H3. The van der Waals surface area contributed by atoms with Gasteiger partial charge >= 0.3 is 0 Å². The SMILES string of the molecule is CCCNCCCc1nnc(C2CCCOC2)o1. The van der Waals surface area contributed by atoms with Crippen LogP contribution >= 0.6 is 0 Å². The monoisotopic (exact) mass is 253 g/mol. The summed E-state index contributed by atoms with van der Waals surface area (Å²) < 4.78 is 11.1. The molecule has 2 rings (SSSR count). The summed E-state index contributed by atoms with van der Waals surface area (Å²) >= 11 is 0. The van der Waals surface area contributed by atoms with Crippen LogP contribution in [0.2, 0.25) is 0 Å². The van der Waals surface area contributed by atoms with E-state index in [0.29, 0.717) is 5.92 Å². The quantitative estimate of drug-likeness (QED) is 0.752. The molecule has 1 unspecified atom stereocenters. The molecular formula is C13H23N3O2. The molecule has 0 spiro atoms. The van der Waals surface area contributed by atoms with E-state index >= 15 is 0 Å². The van der Waals surface area contributed by atoms with E-state index in [2.05, 4.69) is 22.4 Å². The number of aryl methyl sites for hydroxylation is 1. The van der Waals surface area contributed by atoms with Crippen molar-refractivity contribution in [2.24, 2.45) is 0 Å². The molecule has 102 valence electrons. The molecule has 0 radical (unpaired) electrons. The minimum atomic E-state index is 0.304. The lowest BCUT2D eigenvalue weighted by atomic mass is 10.0. The second-order valence-electron chi connectivity index (χ2n) is 4.80. The third-order valence-electron chi connectivity index (χ3n) is 3.16. The van der Waals surface area contributed by atoms with Gasteiger partial charge in [0.25, 0.3) is 0 Å². The lowest BCUT2D eigenvalue weighted by Gasteiger charge is -2.18. The van der Waals surface area contributed by atoms with Crippen molar-refractivity contribution in [3.8, 4) is 0 Å². The number of hydrogen-bond acceptors (Lipinski definition) is 5. The van der Waals surface area contributed by atoms with Crippen LogP contribution in [0, 0.1) is 0 Å². The van der Waals surface area contributed by atoms with Crippen LogP contribution < -0.4 is 5.32 Å². The highest BCUT2D eigenvalue weighted by molar-refractivity contribution is 4.93. The van der Waals surface area contributed by atoms with Crippen molar-refractivity contribution in [3.05, 3.63) is 11.8 Å². The lowest BCUT2D eigenvalue weighted by molar-refractivity contribution is 0.0721. The topological polar surface area (TPSA) is 60.2 Å². The number of rotatable bonds is 7. The minimum Gasteiger partial charge on any atom is -0.425 e. The molecule has 1 saturated heterocycles. The maximum Gasteiger partial charge on any atom is 0.221 e. The molecule has 1 N–H and O–H groups in total. The van der Waals surface area contributed by atoms with E-state index < -0.39 is 0 Å². The van der Waals surface area contributed by atoms with Crippen molar-refractivity contribution in [2.45, 2.75) is 44.9 Å². The Morgan fingerprint density at radius 3 is 3.06 bits per heavy atom. The summed E-state index contributed by atoms with van der Waals surface area (Å²) in [5.74, 6) is 1.82. The molecule has 0 amide bonds. The number of nitrogens with one attached hydrogen (secondary N) is 1. The molecule has 2 heterocycles. The first-order valence-electron chi connectivity index (χ1n) is 7.01. The van der Waals surface area contributed by atoms with Crippen LogP contribution in [0.15, 0.2) is 4.42 Å². The van der Waals surface area contributed by atoms with Crippen molar-refractivity contribution in [2.75, 3.05) is 26.3 Å². The molecule has 0 aromatic carbocycles. The maximum atomic E-state index is 5.70. The first kappa shape index (κ1) is 13.5. The molecule has 1 fully saturated rings. The van der Waals surface area contributed by atoms with Crippen LogP contribution in [0.1, 0.15) is 50.3 Å². The Balaban J connectivity index is 1.72. The van der Waals surface area contributed by atoms with Gasteiger partial charge in [0.1, 0.15) is 0 Å². The molecule has 18 heavy (non-hydrogen) atoms. The van der Waals surface area contributed by atoms with Crippen LogP contribution in [0.3, 0.4) is 0 Å². The van der Waals surface area contributed by atoms with Crippen molar-refractivity contribution in [1.29, 1.82) is 0 Å². The van der Waals surface area contributed by atoms with Crippen molar-refractivity contribution in [3.63, 3.8) is 0 Å². The van der Waals surface area contributed by atoms with E-state index in [-0.39, 0.29) is 0 Å². The first-order valence-corrected chi connectivity index (χ1v) is 7.01. The Bertz CT molecular complexity index is 335. The van der Waals surface area contributed by atoms with Gasteiger partial charge in [0.2, 0.25) is 11.8 Å². The van der Waals surface area contributed by atoms with Gasteiger partial charge in [-0.3, -0.25) is 0 Å². The Morgan fingerprint density at radius 2 is 2.28 bits per heavy atom. The van der Waals surface area contributed by atoms with Gasteiger partial charge in [-0.05, 0) is 38.8 Å². The molecule has 1 aromatic rings. The third-order valence-corrected chi connectivity index (χ3v) is 3.16. The van der Waals surface area contributed by atoms with Gasteiger partial charge in [-0.15, -0.1) is 10.2 Å². The molecule has 5 nitrogen and oxygen atoms in total. The lowest BCUT2D eigenvalue weighted by Crippen LogP contribution is -2.16. The summed E-state index contributed by atoms with van der Waals surface area (Å²) in [5, 5.41) is 11.6. The Morgan fingerprint density at radius 1 is 1.33 bits per heavy atom. The zero-order valence-corrected chi connectivity index (χ0v) is 11.2.